The molecule has 2 rings (SSSR count). The van der Waals surface area contributed by atoms with Crippen LogP contribution in [0.3, 0.4) is 0 Å². The average Bonchev–Trinajstić information content (AvgIpc) is 2.71. The molecule has 3 heteroatoms. The van der Waals surface area contributed by atoms with E-state index in [1.165, 1.54) is 0 Å². The van der Waals surface area contributed by atoms with Crippen LogP contribution < -0.4 is 0 Å². The summed E-state index contributed by atoms with van der Waals surface area (Å²) in [6.07, 6.45) is 0. The van der Waals surface area contributed by atoms with E-state index in [0.29, 0.717) is 5.56 Å². The Morgan fingerprint density at radius 2 is 2.07 bits per heavy atom. The van der Waals surface area contributed by atoms with Crippen molar-refractivity contribution in [3.05, 3.63) is 46.7 Å². The average molecular weight is 204 g/mol. The van der Waals surface area contributed by atoms with E-state index in [4.69, 9.17) is 5.11 Å². The molecular formula is C11H8O2S. The molecule has 0 saturated carbocycles. The van der Waals surface area contributed by atoms with Crippen molar-refractivity contribution in [2.24, 2.45) is 0 Å². The maximum Gasteiger partial charge on any atom is 0.335 e. The maximum atomic E-state index is 10.7. The summed E-state index contributed by atoms with van der Waals surface area (Å²) in [7, 11) is 0. The number of benzene rings is 1. The van der Waals surface area contributed by atoms with Gasteiger partial charge in [-0.2, -0.15) is 11.3 Å². The van der Waals surface area contributed by atoms with Gasteiger partial charge < -0.3 is 5.11 Å². The second kappa shape index (κ2) is 3.64. The zero-order valence-electron chi connectivity index (χ0n) is 7.31. The van der Waals surface area contributed by atoms with E-state index in [2.05, 4.69) is 0 Å². The smallest absolute Gasteiger partial charge is 0.335 e. The lowest BCUT2D eigenvalue weighted by Gasteiger charge is -1.99. The molecule has 0 unspecified atom stereocenters. The van der Waals surface area contributed by atoms with Gasteiger partial charge in [-0.15, -0.1) is 0 Å². The molecule has 0 radical (unpaired) electrons. The molecule has 70 valence electrons. The highest BCUT2D eigenvalue weighted by atomic mass is 32.1. The molecule has 0 atom stereocenters. The quantitative estimate of drug-likeness (QED) is 0.816. The summed E-state index contributed by atoms with van der Waals surface area (Å²) < 4.78 is 0. The van der Waals surface area contributed by atoms with Gasteiger partial charge in [0.1, 0.15) is 0 Å². The van der Waals surface area contributed by atoms with Crippen LogP contribution in [-0.2, 0) is 0 Å². The highest BCUT2D eigenvalue weighted by Gasteiger charge is 2.04. The van der Waals surface area contributed by atoms with E-state index >= 15 is 0 Å². The van der Waals surface area contributed by atoms with Gasteiger partial charge in [-0.3, -0.25) is 0 Å². The van der Waals surface area contributed by atoms with Crippen LogP contribution in [0.4, 0.5) is 0 Å². The Labute approximate surface area is 85.4 Å². The largest absolute Gasteiger partial charge is 0.478 e. The second-order valence-corrected chi connectivity index (χ2v) is 3.68. The van der Waals surface area contributed by atoms with Gasteiger partial charge in [0.2, 0.25) is 0 Å². The van der Waals surface area contributed by atoms with Crippen molar-refractivity contribution >= 4 is 17.3 Å². The molecule has 2 aromatic rings. The molecule has 0 aliphatic rings. The number of aromatic carboxylic acids is 1. The minimum absolute atomic E-state index is 0.328. The van der Waals surface area contributed by atoms with Gasteiger partial charge in [0.15, 0.2) is 0 Å². The van der Waals surface area contributed by atoms with Crippen molar-refractivity contribution < 1.29 is 9.90 Å². The van der Waals surface area contributed by atoms with Gasteiger partial charge in [0.05, 0.1) is 5.56 Å². The van der Waals surface area contributed by atoms with Crippen LogP contribution in [0.15, 0.2) is 41.1 Å². The van der Waals surface area contributed by atoms with Gasteiger partial charge in [-0.05, 0) is 40.1 Å². The molecule has 0 saturated heterocycles. The Morgan fingerprint density at radius 3 is 2.71 bits per heavy atom. The zero-order valence-corrected chi connectivity index (χ0v) is 8.12. The third-order valence-corrected chi connectivity index (χ3v) is 2.65. The number of carbonyl (C=O) groups is 1. The van der Waals surface area contributed by atoms with Crippen molar-refractivity contribution in [2.75, 3.05) is 0 Å². The van der Waals surface area contributed by atoms with E-state index < -0.39 is 5.97 Å². The Hall–Kier alpha value is -1.61. The molecule has 2 nitrogen and oxygen atoms in total. The van der Waals surface area contributed by atoms with E-state index in [1.807, 2.05) is 22.9 Å². The minimum Gasteiger partial charge on any atom is -0.478 e. The maximum absolute atomic E-state index is 10.7. The second-order valence-electron chi connectivity index (χ2n) is 2.90. The summed E-state index contributed by atoms with van der Waals surface area (Å²) in [4.78, 5) is 10.7. The first-order valence-electron chi connectivity index (χ1n) is 4.13. The molecule has 1 aromatic heterocycles. The first-order valence-corrected chi connectivity index (χ1v) is 5.07. The summed E-state index contributed by atoms with van der Waals surface area (Å²) >= 11 is 1.60. The fourth-order valence-electron chi connectivity index (χ4n) is 1.26. The Balaban J connectivity index is 2.46. The Bertz CT molecular complexity index is 446. The predicted octanol–water partition coefficient (Wildman–Crippen LogP) is 3.11. The van der Waals surface area contributed by atoms with Crippen LogP contribution in [0.1, 0.15) is 10.4 Å². The van der Waals surface area contributed by atoms with Gasteiger partial charge in [0.25, 0.3) is 0 Å². The van der Waals surface area contributed by atoms with Gasteiger partial charge in [0, 0.05) is 0 Å². The van der Waals surface area contributed by atoms with E-state index in [1.54, 1.807) is 29.5 Å². The summed E-state index contributed by atoms with van der Waals surface area (Å²) in [5.74, 6) is -0.887. The molecular weight excluding hydrogens is 196 g/mol. The lowest BCUT2D eigenvalue weighted by Crippen LogP contribution is -1.95. The predicted molar refractivity (Wildman–Crippen MR) is 56.7 cm³/mol. The molecule has 0 bridgehead atoms. The first kappa shape index (κ1) is 8.97. The number of hydrogen-bond acceptors (Lipinski definition) is 2. The number of carboxylic acid groups (broad SMARTS) is 1. The highest BCUT2D eigenvalue weighted by molar-refractivity contribution is 7.08. The van der Waals surface area contributed by atoms with E-state index in [0.717, 1.165) is 11.1 Å². The van der Waals surface area contributed by atoms with Crippen LogP contribution >= 0.6 is 11.3 Å². The lowest BCUT2D eigenvalue weighted by atomic mass is 10.1. The molecule has 1 N–H and O–H groups in total. The van der Waals surface area contributed by atoms with Crippen molar-refractivity contribution in [3.8, 4) is 11.1 Å². The van der Waals surface area contributed by atoms with Gasteiger partial charge in [-0.25, -0.2) is 4.79 Å². The topological polar surface area (TPSA) is 37.3 Å². The Kier molecular flexibility index (Phi) is 2.33. The van der Waals surface area contributed by atoms with Crippen molar-refractivity contribution in [1.29, 1.82) is 0 Å². The summed E-state index contributed by atoms with van der Waals surface area (Å²) in [5, 5.41) is 12.8. The third kappa shape index (κ3) is 1.67. The SMILES string of the molecule is O=C(O)c1cccc(-c2ccsc2)c1. The fourth-order valence-corrected chi connectivity index (χ4v) is 1.93. The molecule has 0 aliphatic carbocycles. The third-order valence-electron chi connectivity index (χ3n) is 1.96. The molecule has 0 spiro atoms. The molecule has 14 heavy (non-hydrogen) atoms. The first-order chi connectivity index (χ1) is 6.77. The van der Waals surface area contributed by atoms with Crippen LogP contribution in [0.5, 0.6) is 0 Å². The van der Waals surface area contributed by atoms with Gasteiger partial charge >= 0.3 is 5.97 Å². The standard InChI is InChI=1S/C11H8O2S/c12-11(13)9-3-1-2-8(6-9)10-4-5-14-7-10/h1-7H,(H,12,13). The molecule has 0 amide bonds. The monoisotopic (exact) mass is 204 g/mol. The van der Waals surface area contributed by atoms with Crippen LogP contribution in [-0.4, -0.2) is 11.1 Å². The normalized spacial score (nSPS) is 10.0. The number of carboxylic acids is 1. The molecule has 0 fully saturated rings. The summed E-state index contributed by atoms with van der Waals surface area (Å²) in [6.45, 7) is 0. The van der Waals surface area contributed by atoms with Crippen LogP contribution in [0.25, 0.3) is 11.1 Å². The van der Waals surface area contributed by atoms with E-state index in [-0.39, 0.29) is 0 Å². The van der Waals surface area contributed by atoms with Crippen molar-refractivity contribution in [2.45, 2.75) is 0 Å². The molecule has 1 aromatic carbocycles. The number of thiophene rings is 1. The van der Waals surface area contributed by atoms with Crippen LogP contribution in [0.2, 0.25) is 0 Å². The van der Waals surface area contributed by atoms with Crippen LogP contribution in [0, 0.1) is 0 Å². The van der Waals surface area contributed by atoms with Crippen molar-refractivity contribution in [3.63, 3.8) is 0 Å². The van der Waals surface area contributed by atoms with Gasteiger partial charge in [-0.1, -0.05) is 12.1 Å². The molecule has 0 aliphatic heterocycles. The van der Waals surface area contributed by atoms with Crippen molar-refractivity contribution in [1.82, 2.24) is 0 Å². The van der Waals surface area contributed by atoms with E-state index in [9.17, 15) is 4.79 Å². The highest BCUT2D eigenvalue weighted by Crippen LogP contribution is 2.22. The number of hydrogen-bond donors (Lipinski definition) is 1. The summed E-state index contributed by atoms with van der Waals surface area (Å²) in [6, 6.07) is 8.93. The zero-order chi connectivity index (χ0) is 9.97. The summed E-state index contributed by atoms with van der Waals surface area (Å²) in [5.41, 5.74) is 2.35. The molecule has 1 heterocycles. The lowest BCUT2D eigenvalue weighted by molar-refractivity contribution is 0.0697. The fraction of sp³-hybridized carbons (Fsp3) is 0. The minimum atomic E-state index is -0.887. The Morgan fingerprint density at radius 1 is 1.21 bits per heavy atom. The number of rotatable bonds is 2.